The van der Waals surface area contributed by atoms with E-state index in [1.807, 2.05) is 0 Å². The molecular formula is C15H10F2N4O3. The molecule has 24 heavy (non-hydrogen) atoms. The van der Waals surface area contributed by atoms with E-state index in [9.17, 15) is 18.4 Å². The van der Waals surface area contributed by atoms with Crippen molar-refractivity contribution >= 4 is 5.91 Å². The Morgan fingerprint density at radius 1 is 1.21 bits per heavy atom. The highest BCUT2D eigenvalue weighted by molar-refractivity contribution is 5.94. The van der Waals surface area contributed by atoms with E-state index in [0.29, 0.717) is 0 Å². The Hall–Kier alpha value is -3.36. The molecule has 0 saturated heterocycles. The average Bonchev–Trinajstić information content (AvgIpc) is 3.02. The Morgan fingerprint density at radius 3 is 2.67 bits per heavy atom. The summed E-state index contributed by atoms with van der Waals surface area (Å²) in [5.41, 5.74) is -0.905. The van der Waals surface area contributed by atoms with Gasteiger partial charge in [0, 0.05) is 6.20 Å². The van der Waals surface area contributed by atoms with E-state index in [-0.39, 0.29) is 23.8 Å². The maximum atomic E-state index is 13.5. The molecule has 3 rings (SSSR count). The first-order chi connectivity index (χ1) is 11.6. The topological polar surface area (TPSA) is 101 Å². The summed E-state index contributed by atoms with van der Waals surface area (Å²) in [7, 11) is 0. The second-order valence-corrected chi connectivity index (χ2v) is 4.70. The summed E-state index contributed by atoms with van der Waals surface area (Å²) in [6, 6.07) is 6.20. The number of nitrogens with zero attached hydrogens (tertiary/aromatic N) is 2. The number of aromatic amines is 1. The van der Waals surface area contributed by atoms with Gasteiger partial charge in [-0.15, -0.1) is 0 Å². The molecular weight excluding hydrogens is 322 g/mol. The number of hydrogen-bond acceptors (Lipinski definition) is 5. The van der Waals surface area contributed by atoms with Gasteiger partial charge in [0.2, 0.25) is 11.7 Å². The van der Waals surface area contributed by atoms with E-state index in [1.165, 1.54) is 12.3 Å². The van der Waals surface area contributed by atoms with Crippen LogP contribution in [-0.4, -0.2) is 21.0 Å². The van der Waals surface area contributed by atoms with Crippen molar-refractivity contribution in [1.29, 1.82) is 0 Å². The molecule has 0 atom stereocenters. The molecule has 7 nitrogen and oxygen atoms in total. The van der Waals surface area contributed by atoms with Crippen LogP contribution in [0.5, 0.6) is 0 Å². The van der Waals surface area contributed by atoms with Crippen LogP contribution < -0.4 is 10.9 Å². The Balaban J connectivity index is 1.73. The van der Waals surface area contributed by atoms with Crippen LogP contribution in [0, 0.1) is 11.6 Å². The Bertz CT molecular complexity index is 931. The predicted molar refractivity (Wildman–Crippen MR) is 77.9 cm³/mol. The Labute approximate surface area is 133 Å². The second kappa shape index (κ2) is 6.41. The zero-order valence-electron chi connectivity index (χ0n) is 12.0. The molecule has 2 heterocycles. The third kappa shape index (κ3) is 3.05. The zero-order chi connectivity index (χ0) is 17.1. The number of rotatable bonds is 4. The van der Waals surface area contributed by atoms with Crippen LogP contribution in [0.3, 0.4) is 0 Å². The molecule has 0 radical (unpaired) electrons. The molecule has 3 aromatic rings. The number of nitrogens with one attached hydrogen (secondary N) is 2. The number of halogens is 2. The van der Waals surface area contributed by atoms with Crippen molar-refractivity contribution < 1.29 is 18.1 Å². The molecule has 0 saturated carbocycles. The number of pyridine rings is 1. The lowest BCUT2D eigenvalue weighted by atomic mass is 10.2. The number of H-pyrrole nitrogens is 1. The van der Waals surface area contributed by atoms with Gasteiger partial charge in [0.15, 0.2) is 0 Å². The molecule has 0 aliphatic rings. The van der Waals surface area contributed by atoms with Gasteiger partial charge in [-0.1, -0.05) is 11.2 Å². The van der Waals surface area contributed by atoms with Crippen LogP contribution in [-0.2, 0) is 6.54 Å². The fraction of sp³-hybridized carbons (Fsp3) is 0.0667. The molecule has 0 aliphatic carbocycles. The van der Waals surface area contributed by atoms with Crippen molar-refractivity contribution in [2.45, 2.75) is 6.54 Å². The lowest BCUT2D eigenvalue weighted by Gasteiger charge is -2.04. The number of amides is 1. The zero-order valence-corrected chi connectivity index (χ0v) is 12.0. The maximum Gasteiger partial charge on any atom is 0.259 e. The van der Waals surface area contributed by atoms with E-state index in [4.69, 9.17) is 4.52 Å². The van der Waals surface area contributed by atoms with Crippen molar-refractivity contribution in [2.24, 2.45) is 0 Å². The molecule has 9 heteroatoms. The van der Waals surface area contributed by atoms with Gasteiger partial charge < -0.3 is 14.8 Å². The van der Waals surface area contributed by atoms with Crippen LogP contribution in [0.4, 0.5) is 8.78 Å². The van der Waals surface area contributed by atoms with Gasteiger partial charge in [-0.3, -0.25) is 9.59 Å². The summed E-state index contributed by atoms with van der Waals surface area (Å²) in [6.07, 6.45) is 1.45. The smallest absolute Gasteiger partial charge is 0.259 e. The number of carbonyl (C=O) groups excluding carboxylic acids is 1. The molecule has 0 unspecified atom stereocenters. The van der Waals surface area contributed by atoms with Gasteiger partial charge >= 0.3 is 0 Å². The molecule has 1 amide bonds. The van der Waals surface area contributed by atoms with Gasteiger partial charge in [0.25, 0.3) is 11.5 Å². The third-order valence-electron chi connectivity index (χ3n) is 3.12. The molecule has 122 valence electrons. The molecule has 2 N–H and O–H groups in total. The normalized spacial score (nSPS) is 10.6. The predicted octanol–water partition coefficient (Wildman–Crippen LogP) is 1.63. The van der Waals surface area contributed by atoms with Crippen molar-refractivity contribution in [1.82, 2.24) is 20.4 Å². The highest BCUT2D eigenvalue weighted by Gasteiger charge is 2.18. The van der Waals surface area contributed by atoms with Gasteiger partial charge in [0.1, 0.15) is 17.2 Å². The fourth-order valence-electron chi connectivity index (χ4n) is 1.99. The van der Waals surface area contributed by atoms with Crippen LogP contribution in [0.15, 0.2) is 45.8 Å². The first-order valence-electron chi connectivity index (χ1n) is 6.79. The van der Waals surface area contributed by atoms with Crippen LogP contribution in [0.25, 0.3) is 11.4 Å². The van der Waals surface area contributed by atoms with Gasteiger partial charge in [-0.2, -0.15) is 4.98 Å². The number of benzene rings is 1. The van der Waals surface area contributed by atoms with Crippen molar-refractivity contribution in [3.63, 3.8) is 0 Å². The van der Waals surface area contributed by atoms with Gasteiger partial charge in [0.05, 0.1) is 12.1 Å². The van der Waals surface area contributed by atoms with E-state index in [2.05, 4.69) is 20.4 Å². The summed E-state index contributed by atoms with van der Waals surface area (Å²) in [6.45, 7) is -0.246. The van der Waals surface area contributed by atoms with E-state index >= 15 is 0 Å². The number of aromatic nitrogens is 3. The fourth-order valence-corrected chi connectivity index (χ4v) is 1.99. The highest BCUT2D eigenvalue weighted by atomic mass is 19.1. The second-order valence-electron chi connectivity index (χ2n) is 4.70. The maximum absolute atomic E-state index is 13.5. The summed E-state index contributed by atoms with van der Waals surface area (Å²) >= 11 is 0. The largest absolute Gasteiger partial charge is 0.343 e. The molecule has 0 spiro atoms. The number of carbonyl (C=O) groups is 1. The van der Waals surface area contributed by atoms with Crippen LogP contribution in [0.1, 0.15) is 16.2 Å². The van der Waals surface area contributed by atoms with Gasteiger partial charge in [-0.05, 0) is 24.3 Å². The summed E-state index contributed by atoms with van der Waals surface area (Å²) in [5, 5.41) is 5.90. The number of hydrogen-bond donors (Lipinski definition) is 2. The summed E-state index contributed by atoms with van der Waals surface area (Å²) in [5.74, 6) is -2.89. The molecule has 1 aromatic carbocycles. The van der Waals surface area contributed by atoms with Crippen molar-refractivity contribution in [3.8, 4) is 11.4 Å². The Kier molecular flexibility index (Phi) is 4.15. The first kappa shape index (κ1) is 15.5. The average molecular weight is 332 g/mol. The van der Waals surface area contributed by atoms with Crippen LogP contribution in [0.2, 0.25) is 0 Å². The van der Waals surface area contributed by atoms with E-state index < -0.39 is 28.7 Å². The summed E-state index contributed by atoms with van der Waals surface area (Å²) in [4.78, 5) is 29.9. The van der Waals surface area contributed by atoms with Crippen molar-refractivity contribution in [3.05, 3.63) is 70.0 Å². The third-order valence-corrected chi connectivity index (χ3v) is 3.12. The minimum absolute atomic E-state index is 0.0154. The SMILES string of the molecule is O=C(NCc1nc(-c2ccc[nH]c2=O)no1)c1c(F)cccc1F. The van der Waals surface area contributed by atoms with E-state index in [1.54, 1.807) is 6.07 Å². The minimum Gasteiger partial charge on any atom is -0.343 e. The minimum atomic E-state index is -0.977. The van der Waals surface area contributed by atoms with Crippen LogP contribution >= 0.6 is 0 Å². The molecule has 2 aromatic heterocycles. The molecule has 0 fully saturated rings. The highest BCUT2D eigenvalue weighted by Crippen LogP contribution is 2.13. The standard InChI is InChI=1S/C15H10F2N4O3/c16-9-4-1-5-10(17)12(9)15(23)19-7-11-20-13(21-24-11)8-3-2-6-18-14(8)22/h1-6H,7H2,(H,18,22)(H,19,23). The lowest BCUT2D eigenvalue weighted by molar-refractivity contribution is 0.0938. The molecule has 0 aliphatic heterocycles. The Morgan fingerprint density at radius 2 is 1.96 bits per heavy atom. The lowest BCUT2D eigenvalue weighted by Crippen LogP contribution is -2.25. The van der Waals surface area contributed by atoms with Gasteiger partial charge in [-0.25, -0.2) is 8.78 Å². The van der Waals surface area contributed by atoms with E-state index in [0.717, 1.165) is 18.2 Å². The summed E-state index contributed by atoms with van der Waals surface area (Å²) < 4.78 is 31.9. The van der Waals surface area contributed by atoms with Crippen molar-refractivity contribution in [2.75, 3.05) is 0 Å². The first-order valence-corrected chi connectivity index (χ1v) is 6.79. The monoisotopic (exact) mass is 332 g/mol. The quantitative estimate of drug-likeness (QED) is 0.756. The molecule has 0 bridgehead atoms.